The monoisotopic (exact) mass is 1030 g/mol. The number of carbonyl (C=O) groups excluding carboxylic acids is 11. The summed E-state index contributed by atoms with van der Waals surface area (Å²) in [6.45, 7) is 11.0. The van der Waals surface area contributed by atoms with Crippen LogP contribution < -0.4 is 9.47 Å². The number of unbranched alkanes of at least 4 members (excludes halogenated alkanes) is 2. The summed E-state index contributed by atoms with van der Waals surface area (Å²) in [6.07, 6.45) is 4.65. The maximum absolute atomic E-state index is 13.2. The lowest BCUT2D eigenvalue weighted by Crippen LogP contribution is -2.30. The molecule has 2 saturated carbocycles. The summed E-state index contributed by atoms with van der Waals surface area (Å²) in [5.41, 5.74) is 0.0439. The van der Waals surface area contributed by atoms with Crippen LogP contribution in [0.4, 0.5) is 0 Å². The highest BCUT2D eigenvalue weighted by Crippen LogP contribution is 2.34. The minimum absolute atomic E-state index is 0.00993. The van der Waals surface area contributed by atoms with Crippen molar-refractivity contribution in [2.45, 2.75) is 136 Å². The number of Topliss-reactive ketones (excluding diaryl/α,β-unsaturated/α-hetero) is 1. The normalized spacial score (nSPS) is 17.9. The second-order valence-corrected chi connectivity index (χ2v) is 17.6. The van der Waals surface area contributed by atoms with Crippen LogP contribution in [0, 0.1) is 23.7 Å². The third kappa shape index (κ3) is 23.9. The Morgan fingerprint density at radius 2 is 0.836 bits per heavy atom. The molecule has 0 radical (unpaired) electrons. The lowest BCUT2D eigenvalue weighted by atomic mass is 9.82. The largest absolute Gasteiger partial charge is 0.466 e. The van der Waals surface area contributed by atoms with E-state index in [1.807, 2.05) is 0 Å². The summed E-state index contributed by atoms with van der Waals surface area (Å²) in [5, 5.41) is 0. The Labute approximate surface area is 424 Å². The van der Waals surface area contributed by atoms with Crippen LogP contribution in [0.3, 0.4) is 0 Å². The molecule has 3 rings (SSSR count). The van der Waals surface area contributed by atoms with Crippen LogP contribution in [0.25, 0.3) is 0 Å². The van der Waals surface area contributed by atoms with Gasteiger partial charge in [0.1, 0.15) is 36.9 Å². The quantitative estimate of drug-likeness (QED) is 0.0208. The van der Waals surface area contributed by atoms with E-state index in [2.05, 4.69) is 13.2 Å². The van der Waals surface area contributed by atoms with Crippen LogP contribution in [-0.4, -0.2) is 117 Å². The zero-order valence-corrected chi connectivity index (χ0v) is 41.9. The van der Waals surface area contributed by atoms with Gasteiger partial charge in [0.15, 0.2) is 5.78 Å². The van der Waals surface area contributed by atoms with E-state index in [-0.39, 0.29) is 88.4 Å². The number of rotatable bonds is 31. The topological polar surface area (TPSA) is 280 Å². The fourth-order valence-electron chi connectivity index (χ4n) is 7.50. The van der Waals surface area contributed by atoms with Crippen molar-refractivity contribution in [3.63, 3.8) is 0 Å². The van der Waals surface area contributed by atoms with Crippen LogP contribution >= 0.6 is 0 Å². The molecule has 2 aliphatic carbocycles. The zero-order valence-electron chi connectivity index (χ0n) is 41.9. The molecule has 73 heavy (non-hydrogen) atoms. The number of ketones is 1. The van der Waals surface area contributed by atoms with E-state index >= 15 is 0 Å². The third-order valence-corrected chi connectivity index (χ3v) is 11.6. The molecular weight excluding hydrogens is 961 g/mol. The van der Waals surface area contributed by atoms with Gasteiger partial charge in [0.25, 0.3) is 0 Å². The molecule has 1 aromatic carbocycles. The fraction of sp³-hybridized carbons (Fsp3) is 0.596. The van der Waals surface area contributed by atoms with Crippen LogP contribution in [0.5, 0.6) is 11.5 Å². The van der Waals surface area contributed by atoms with Crippen LogP contribution in [0.1, 0.15) is 134 Å². The van der Waals surface area contributed by atoms with E-state index in [0.717, 1.165) is 12.2 Å². The zero-order chi connectivity index (χ0) is 53.7. The molecule has 21 heteroatoms. The van der Waals surface area contributed by atoms with Gasteiger partial charge in [-0.2, -0.15) is 0 Å². The minimum atomic E-state index is -0.668. The van der Waals surface area contributed by atoms with E-state index in [1.54, 1.807) is 13.8 Å². The molecule has 0 amide bonds. The van der Waals surface area contributed by atoms with Crippen molar-refractivity contribution in [1.82, 2.24) is 0 Å². The van der Waals surface area contributed by atoms with Gasteiger partial charge in [0, 0.05) is 12.2 Å². The summed E-state index contributed by atoms with van der Waals surface area (Å²) in [4.78, 5) is 134. The molecule has 0 aromatic heterocycles. The van der Waals surface area contributed by atoms with Crippen LogP contribution in [0.15, 0.2) is 43.5 Å². The summed E-state index contributed by atoms with van der Waals surface area (Å²) in [7, 11) is 0. The molecule has 2 atom stereocenters. The van der Waals surface area contributed by atoms with Gasteiger partial charge in [0.05, 0.1) is 81.3 Å². The Kier molecular flexibility index (Phi) is 27.2. The molecule has 0 bridgehead atoms. The Morgan fingerprint density at radius 3 is 1.21 bits per heavy atom. The number of carbonyl (C=O) groups is 11. The molecule has 2 fully saturated rings. The summed E-state index contributed by atoms with van der Waals surface area (Å²) >= 11 is 0. The Balaban J connectivity index is 1.27. The van der Waals surface area contributed by atoms with Crippen LogP contribution in [0.2, 0.25) is 0 Å². The minimum Gasteiger partial charge on any atom is -0.466 e. The standard InChI is InChI=1S/C52H68O21/c1-6-43(54)70-33(3)31-68-47(58)24-22-45(56)64-26-8-10-28-66-49(60)36-12-16-38(17-13-36)51(62)72-40-20-21-42(41(30-40)35(5)53)73-52(63)39-18-14-37(15-19-39)50(61)67-29-11-9-27-65-46(57)23-25-48(59)69-32-34(4)71-44(55)7-2/h6-7,20-21,30,33-34,36-39H,1-2,8-19,22-29,31-32H2,3-5H3. The third-order valence-electron chi connectivity index (χ3n) is 11.6. The maximum atomic E-state index is 13.2. The molecule has 0 saturated heterocycles. The molecule has 0 aliphatic heterocycles. The maximum Gasteiger partial charge on any atom is 0.330 e. The van der Waals surface area contributed by atoms with Crippen molar-refractivity contribution in [2.75, 3.05) is 39.6 Å². The molecule has 2 aliphatic rings. The van der Waals surface area contributed by atoms with E-state index in [9.17, 15) is 52.7 Å². The molecule has 2 unspecified atom stereocenters. The fourth-order valence-corrected chi connectivity index (χ4v) is 7.50. The molecule has 0 heterocycles. The highest BCUT2D eigenvalue weighted by atomic mass is 16.6. The molecular formula is C52H68O21. The highest BCUT2D eigenvalue weighted by Gasteiger charge is 2.34. The van der Waals surface area contributed by atoms with Crippen molar-refractivity contribution < 1.29 is 100 Å². The van der Waals surface area contributed by atoms with E-state index in [4.69, 9.17) is 47.4 Å². The van der Waals surface area contributed by atoms with E-state index < -0.39 is 95.4 Å². The number of hydrogen-bond donors (Lipinski definition) is 0. The Morgan fingerprint density at radius 1 is 0.493 bits per heavy atom. The first-order chi connectivity index (χ1) is 34.9. The predicted molar refractivity (Wildman–Crippen MR) is 253 cm³/mol. The number of benzene rings is 1. The number of ether oxygens (including phenoxy) is 10. The molecule has 1 aromatic rings. The SMILES string of the molecule is C=CC(=O)OC(C)COC(=O)CCC(=O)OCCCCOC(=O)C1CCC(C(=O)Oc2ccc(OC(=O)C3CCC(C(=O)OCCCCOC(=O)CCC(=O)OCC(C)OC(=O)C=C)CC3)c(C(C)=O)c2)CC1. The van der Waals surface area contributed by atoms with Crippen molar-refractivity contribution in [1.29, 1.82) is 0 Å². The van der Waals surface area contributed by atoms with Gasteiger partial charge in [-0.05, 0) is 116 Å². The predicted octanol–water partition coefficient (Wildman–Crippen LogP) is 5.93. The number of esters is 10. The second kappa shape index (κ2) is 32.9. The first kappa shape index (κ1) is 60.4. The number of hydrogen-bond acceptors (Lipinski definition) is 21. The lowest BCUT2D eigenvalue weighted by Gasteiger charge is -2.26. The summed E-state index contributed by atoms with van der Waals surface area (Å²) < 4.78 is 52.0. The smallest absolute Gasteiger partial charge is 0.330 e. The van der Waals surface area contributed by atoms with Gasteiger partial charge in [-0.1, -0.05) is 13.2 Å². The van der Waals surface area contributed by atoms with Gasteiger partial charge in [-0.25, -0.2) is 9.59 Å². The average molecular weight is 1030 g/mol. The Hall–Kier alpha value is -6.93. The van der Waals surface area contributed by atoms with E-state index in [1.165, 1.54) is 25.1 Å². The van der Waals surface area contributed by atoms with Gasteiger partial charge >= 0.3 is 59.7 Å². The molecule has 0 spiro atoms. The Bertz CT molecular complexity index is 2090. The van der Waals surface area contributed by atoms with Crippen molar-refractivity contribution in [3.8, 4) is 11.5 Å². The van der Waals surface area contributed by atoms with Crippen molar-refractivity contribution >= 4 is 65.5 Å². The van der Waals surface area contributed by atoms with Gasteiger partial charge < -0.3 is 47.4 Å². The van der Waals surface area contributed by atoms with Crippen molar-refractivity contribution in [3.05, 3.63) is 49.1 Å². The first-order valence-electron chi connectivity index (χ1n) is 24.6. The summed E-state index contributed by atoms with van der Waals surface area (Å²) in [5.74, 6) is -7.77. The lowest BCUT2D eigenvalue weighted by molar-refractivity contribution is -0.156. The summed E-state index contributed by atoms with van der Waals surface area (Å²) in [6, 6.07) is 4.16. The van der Waals surface area contributed by atoms with E-state index in [0.29, 0.717) is 77.0 Å². The molecule has 21 nitrogen and oxygen atoms in total. The van der Waals surface area contributed by atoms with Crippen LogP contribution in [-0.2, 0) is 85.8 Å². The van der Waals surface area contributed by atoms with Crippen molar-refractivity contribution in [2.24, 2.45) is 23.7 Å². The first-order valence-corrected chi connectivity index (χ1v) is 24.6. The highest BCUT2D eigenvalue weighted by molar-refractivity contribution is 5.98. The van der Waals surface area contributed by atoms with Gasteiger partial charge in [-0.15, -0.1) is 0 Å². The van der Waals surface area contributed by atoms with Gasteiger partial charge in [-0.3, -0.25) is 43.2 Å². The molecule has 402 valence electrons. The average Bonchev–Trinajstić information content (AvgIpc) is 3.38. The second-order valence-electron chi connectivity index (χ2n) is 17.6. The van der Waals surface area contributed by atoms with Gasteiger partial charge in [0.2, 0.25) is 0 Å². The molecule has 0 N–H and O–H groups in total.